The summed E-state index contributed by atoms with van der Waals surface area (Å²) < 4.78 is 7.31. The Morgan fingerprint density at radius 2 is 1.88 bits per heavy atom. The molecule has 0 amide bonds. The highest BCUT2D eigenvalue weighted by atomic mass is 16.5. The van der Waals surface area contributed by atoms with Crippen LogP contribution >= 0.6 is 0 Å². The monoisotopic (exact) mass is 222 g/mol. The Bertz CT molecular complexity index is 404. The summed E-state index contributed by atoms with van der Waals surface area (Å²) in [5.41, 5.74) is 4.21. The molecule has 4 heteroatoms. The Morgan fingerprint density at radius 3 is 2.38 bits per heavy atom. The van der Waals surface area contributed by atoms with Crippen molar-refractivity contribution in [3.05, 3.63) is 17.0 Å². The van der Waals surface area contributed by atoms with Crippen LogP contribution in [0.2, 0.25) is 0 Å². The second kappa shape index (κ2) is 4.29. The molecule has 0 bridgehead atoms. The van der Waals surface area contributed by atoms with Crippen LogP contribution < -0.4 is 4.90 Å². The summed E-state index contributed by atoms with van der Waals surface area (Å²) in [6.07, 6.45) is 0.937. The topological polar surface area (TPSA) is 34.5 Å². The highest BCUT2D eigenvalue weighted by Crippen LogP contribution is 2.29. The maximum atomic E-state index is 11.0. The second-order valence-electron chi connectivity index (χ2n) is 4.22. The molecule has 1 aromatic heterocycles. The highest BCUT2D eigenvalue weighted by Gasteiger charge is 2.21. The molecule has 0 aliphatic carbocycles. The van der Waals surface area contributed by atoms with Gasteiger partial charge in [-0.3, -0.25) is 4.79 Å². The van der Waals surface area contributed by atoms with Crippen LogP contribution in [0.3, 0.4) is 0 Å². The summed E-state index contributed by atoms with van der Waals surface area (Å²) in [6.45, 7) is 7.43. The van der Waals surface area contributed by atoms with Crippen LogP contribution in [-0.4, -0.2) is 37.2 Å². The Kier molecular flexibility index (Phi) is 3.01. The normalized spacial score (nSPS) is 16.6. The number of aldehydes is 1. The summed E-state index contributed by atoms with van der Waals surface area (Å²) in [5, 5.41) is 0. The predicted molar refractivity (Wildman–Crippen MR) is 63.3 cm³/mol. The molecule has 0 aromatic carbocycles. The van der Waals surface area contributed by atoms with Crippen molar-refractivity contribution in [2.45, 2.75) is 13.8 Å². The number of aromatic nitrogens is 1. The van der Waals surface area contributed by atoms with E-state index in [1.807, 2.05) is 18.5 Å². The van der Waals surface area contributed by atoms with Crippen LogP contribution in [0.25, 0.3) is 0 Å². The molecular weight excluding hydrogens is 204 g/mol. The third-order valence-electron chi connectivity index (χ3n) is 3.39. The first-order valence-electron chi connectivity index (χ1n) is 5.60. The zero-order chi connectivity index (χ0) is 11.7. The standard InChI is InChI=1S/C12H18N2O2/c1-9-11(8-15)13(3)10(2)12(9)14-4-6-16-7-5-14/h8H,4-7H2,1-3H3. The summed E-state index contributed by atoms with van der Waals surface area (Å²) in [4.78, 5) is 13.3. The van der Waals surface area contributed by atoms with Crippen molar-refractivity contribution < 1.29 is 9.53 Å². The van der Waals surface area contributed by atoms with Crippen molar-refractivity contribution in [3.8, 4) is 0 Å². The number of rotatable bonds is 2. The molecule has 0 radical (unpaired) electrons. The van der Waals surface area contributed by atoms with Gasteiger partial charge in [0.1, 0.15) is 0 Å². The van der Waals surface area contributed by atoms with E-state index in [0.717, 1.165) is 49.5 Å². The third-order valence-corrected chi connectivity index (χ3v) is 3.39. The maximum absolute atomic E-state index is 11.0. The number of nitrogens with zero attached hydrogens (tertiary/aromatic N) is 2. The van der Waals surface area contributed by atoms with Crippen LogP contribution in [0.1, 0.15) is 21.7 Å². The average molecular weight is 222 g/mol. The van der Waals surface area contributed by atoms with Gasteiger partial charge >= 0.3 is 0 Å². The number of ether oxygens (including phenoxy) is 1. The van der Waals surface area contributed by atoms with E-state index in [2.05, 4.69) is 11.8 Å². The lowest BCUT2D eigenvalue weighted by Gasteiger charge is -2.29. The lowest BCUT2D eigenvalue weighted by Crippen LogP contribution is -2.36. The molecular formula is C12H18N2O2. The first-order chi connectivity index (χ1) is 7.66. The van der Waals surface area contributed by atoms with Gasteiger partial charge in [0.2, 0.25) is 0 Å². The lowest BCUT2D eigenvalue weighted by molar-refractivity contribution is 0.111. The fourth-order valence-corrected chi connectivity index (χ4v) is 2.40. The lowest BCUT2D eigenvalue weighted by atomic mass is 10.2. The van der Waals surface area contributed by atoms with Gasteiger partial charge in [0.25, 0.3) is 0 Å². The van der Waals surface area contributed by atoms with Crippen LogP contribution in [-0.2, 0) is 11.8 Å². The van der Waals surface area contributed by atoms with Gasteiger partial charge in [0.15, 0.2) is 6.29 Å². The van der Waals surface area contributed by atoms with Gasteiger partial charge < -0.3 is 14.2 Å². The van der Waals surface area contributed by atoms with E-state index in [-0.39, 0.29) is 0 Å². The summed E-state index contributed by atoms with van der Waals surface area (Å²) in [5.74, 6) is 0. The molecule has 88 valence electrons. The smallest absolute Gasteiger partial charge is 0.166 e. The SMILES string of the molecule is Cc1c(N2CCOCC2)c(C)n(C)c1C=O. The van der Waals surface area contributed by atoms with E-state index in [1.54, 1.807) is 0 Å². The Balaban J connectivity index is 2.43. The summed E-state index contributed by atoms with van der Waals surface area (Å²) >= 11 is 0. The molecule has 4 nitrogen and oxygen atoms in total. The molecule has 1 aliphatic rings. The van der Waals surface area contributed by atoms with E-state index < -0.39 is 0 Å². The number of anilines is 1. The van der Waals surface area contributed by atoms with Crippen molar-refractivity contribution in [1.29, 1.82) is 0 Å². The molecule has 0 spiro atoms. The Morgan fingerprint density at radius 1 is 1.25 bits per heavy atom. The summed E-state index contributed by atoms with van der Waals surface area (Å²) in [7, 11) is 1.94. The zero-order valence-corrected chi connectivity index (χ0v) is 10.1. The van der Waals surface area contributed by atoms with Crippen molar-refractivity contribution in [1.82, 2.24) is 4.57 Å². The molecule has 1 aliphatic heterocycles. The first kappa shape index (κ1) is 11.2. The average Bonchev–Trinajstić information content (AvgIpc) is 2.51. The van der Waals surface area contributed by atoms with Gasteiger partial charge in [-0.15, -0.1) is 0 Å². The second-order valence-corrected chi connectivity index (χ2v) is 4.22. The molecule has 16 heavy (non-hydrogen) atoms. The van der Waals surface area contributed by atoms with Gasteiger partial charge in [0.05, 0.1) is 24.6 Å². The third kappa shape index (κ3) is 1.63. The van der Waals surface area contributed by atoms with Gasteiger partial charge in [-0.05, 0) is 13.8 Å². The van der Waals surface area contributed by atoms with Gasteiger partial charge in [0, 0.05) is 31.4 Å². The number of carbonyl (C=O) groups is 1. The van der Waals surface area contributed by atoms with Crippen LogP contribution in [0.15, 0.2) is 0 Å². The molecule has 0 atom stereocenters. The fourth-order valence-electron chi connectivity index (χ4n) is 2.40. The molecule has 0 N–H and O–H groups in total. The van der Waals surface area contributed by atoms with E-state index in [4.69, 9.17) is 4.74 Å². The number of morpholine rings is 1. The van der Waals surface area contributed by atoms with Crippen LogP contribution in [0.5, 0.6) is 0 Å². The van der Waals surface area contributed by atoms with E-state index in [0.29, 0.717) is 0 Å². The van der Waals surface area contributed by atoms with E-state index >= 15 is 0 Å². The van der Waals surface area contributed by atoms with Crippen molar-refractivity contribution >= 4 is 12.0 Å². The minimum atomic E-state index is 0.768. The molecule has 1 fully saturated rings. The molecule has 2 heterocycles. The van der Waals surface area contributed by atoms with Crippen molar-refractivity contribution in [2.75, 3.05) is 31.2 Å². The molecule has 0 saturated carbocycles. The molecule has 0 unspecified atom stereocenters. The van der Waals surface area contributed by atoms with E-state index in [9.17, 15) is 4.79 Å². The Hall–Kier alpha value is -1.29. The maximum Gasteiger partial charge on any atom is 0.166 e. The van der Waals surface area contributed by atoms with Gasteiger partial charge in [-0.1, -0.05) is 0 Å². The molecule has 1 aromatic rings. The summed E-state index contributed by atoms with van der Waals surface area (Å²) in [6, 6.07) is 0. The number of hydrogen-bond acceptors (Lipinski definition) is 3. The Labute approximate surface area is 95.8 Å². The molecule has 1 saturated heterocycles. The van der Waals surface area contributed by atoms with Crippen molar-refractivity contribution in [2.24, 2.45) is 7.05 Å². The first-order valence-corrected chi connectivity index (χ1v) is 5.60. The van der Waals surface area contributed by atoms with E-state index in [1.165, 1.54) is 5.69 Å². The minimum absolute atomic E-state index is 0.768. The molecule has 2 rings (SSSR count). The number of hydrogen-bond donors (Lipinski definition) is 0. The largest absolute Gasteiger partial charge is 0.378 e. The zero-order valence-electron chi connectivity index (χ0n) is 10.1. The predicted octanol–water partition coefficient (Wildman–Crippen LogP) is 1.29. The fraction of sp³-hybridized carbons (Fsp3) is 0.583. The van der Waals surface area contributed by atoms with Gasteiger partial charge in [-0.2, -0.15) is 0 Å². The van der Waals surface area contributed by atoms with Crippen molar-refractivity contribution in [3.63, 3.8) is 0 Å². The number of carbonyl (C=O) groups excluding carboxylic acids is 1. The highest BCUT2D eigenvalue weighted by molar-refractivity contribution is 5.81. The quantitative estimate of drug-likeness (QED) is 0.707. The minimum Gasteiger partial charge on any atom is -0.378 e. The van der Waals surface area contributed by atoms with Gasteiger partial charge in [-0.25, -0.2) is 0 Å². The van der Waals surface area contributed by atoms with Crippen LogP contribution in [0, 0.1) is 13.8 Å². The van der Waals surface area contributed by atoms with Crippen LogP contribution in [0.4, 0.5) is 5.69 Å².